The second kappa shape index (κ2) is 5.59. The lowest BCUT2D eigenvalue weighted by atomic mass is 10.4. The smallest absolute Gasteiger partial charge is 0.152 e. The molecular weight excluding hydrogens is 230 g/mol. The molecule has 0 amide bonds. The van der Waals surface area contributed by atoms with E-state index >= 15 is 0 Å². The lowest BCUT2D eigenvalue weighted by molar-refractivity contribution is 0.183. The Morgan fingerprint density at radius 3 is 2.94 bits per heavy atom. The number of methoxy groups -OCH3 is 1. The SMILES string of the molecule is COCCn1cc(Nc2nc(C)cnc2C)cn1. The summed E-state index contributed by atoms with van der Waals surface area (Å²) >= 11 is 0. The van der Waals surface area contributed by atoms with Crippen molar-refractivity contribution >= 4 is 11.5 Å². The molecule has 2 rings (SSSR count). The predicted octanol–water partition coefficient (Wildman–Crippen LogP) is 1.68. The van der Waals surface area contributed by atoms with E-state index in [4.69, 9.17) is 4.74 Å². The van der Waals surface area contributed by atoms with Crippen molar-refractivity contribution in [1.29, 1.82) is 0 Å². The largest absolute Gasteiger partial charge is 0.383 e. The van der Waals surface area contributed by atoms with Crippen LogP contribution in [0.15, 0.2) is 18.6 Å². The van der Waals surface area contributed by atoms with Crippen molar-refractivity contribution in [3.63, 3.8) is 0 Å². The fraction of sp³-hybridized carbons (Fsp3) is 0.417. The molecule has 2 aromatic heterocycles. The minimum atomic E-state index is 0.643. The third-order valence-corrected chi connectivity index (χ3v) is 2.50. The van der Waals surface area contributed by atoms with Crippen LogP contribution in [0, 0.1) is 13.8 Å². The molecule has 2 heterocycles. The first-order valence-electron chi connectivity index (χ1n) is 5.77. The van der Waals surface area contributed by atoms with Gasteiger partial charge in [-0.3, -0.25) is 9.67 Å². The summed E-state index contributed by atoms with van der Waals surface area (Å²) < 4.78 is 6.83. The molecule has 0 saturated heterocycles. The first kappa shape index (κ1) is 12.5. The Hall–Kier alpha value is -1.95. The summed E-state index contributed by atoms with van der Waals surface area (Å²) in [6.45, 7) is 5.21. The third-order valence-electron chi connectivity index (χ3n) is 2.50. The Bertz CT molecular complexity index is 523. The number of ether oxygens (including phenoxy) is 1. The standard InChI is InChI=1S/C12H17N5O/c1-9-6-13-10(2)12(15-9)16-11-7-14-17(8-11)4-5-18-3/h6-8H,4-5H2,1-3H3,(H,15,16). The van der Waals surface area contributed by atoms with Gasteiger partial charge >= 0.3 is 0 Å². The van der Waals surface area contributed by atoms with Crippen molar-refractivity contribution in [2.75, 3.05) is 19.0 Å². The molecule has 0 unspecified atom stereocenters. The molecule has 2 aromatic rings. The lowest BCUT2D eigenvalue weighted by Gasteiger charge is -2.06. The maximum atomic E-state index is 5.00. The highest BCUT2D eigenvalue weighted by Gasteiger charge is 2.04. The molecule has 0 bridgehead atoms. The predicted molar refractivity (Wildman–Crippen MR) is 68.9 cm³/mol. The number of nitrogens with one attached hydrogen (secondary N) is 1. The summed E-state index contributed by atoms with van der Waals surface area (Å²) in [5, 5.41) is 7.44. The summed E-state index contributed by atoms with van der Waals surface area (Å²) in [5.74, 6) is 0.765. The highest BCUT2D eigenvalue weighted by molar-refractivity contribution is 5.55. The molecule has 6 heteroatoms. The van der Waals surface area contributed by atoms with Crippen LogP contribution in [0.5, 0.6) is 0 Å². The van der Waals surface area contributed by atoms with Crippen molar-refractivity contribution in [2.24, 2.45) is 0 Å². The van der Waals surface area contributed by atoms with Gasteiger partial charge in [-0.15, -0.1) is 0 Å². The fourth-order valence-corrected chi connectivity index (χ4v) is 1.53. The second-order valence-electron chi connectivity index (χ2n) is 4.06. The van der Waals surface area contributed by atoms with Crippen LogP contribution in [0.2, 0.25) is 0 Å². The average molecular weight is 247 g/mol. The van der Waals surface area contributed by atoms with Gasteiger partial charge in [0.25, 0.3) is 0 Å². The van der Waals surface area contributed by atoms with Crippen molar-refractivity contribution in [3.8, 4) is 0 Å². The maximum Gasteiger partial charge on any atom is 0.152 e. The van der Waals surface area contributed by atoms with Gasteiger partial charge in [0, 0.05) is 19.5 Å². The Labute approximate surface area is 106 Å². The van der Waals surface area contributed by atoms with Crippen molar-refractivity contribution in [2.45, 2.75) is 20.4 Å². The van der Waals surface area contributed by atoms with Gasteiger partial charge in [-0.05, 0) is 13.8 Å². The summed E-state index contributed by atoms with van der Waals surface area (Å²) in [6, 6.07) is 0. The van der Waals surface area contributed by atoms with Gasteiger partial charge in [0.2, 0.25) is 0 Å². The van der Waals surface area contributed by atoms with Crippen LogP contribution in [0.1, 0.15) is 11.4 Å². The zero-order chi connectivity index (χ0) is 13.0. The van der Waals surface area contributed by atoms with E-state index in [1.807, 2.05) is 24.7 Å². The minimum absolute atomic E-state index is 0.643. The van der Waals surface area contributed by atoms with Gasteiger partial charge < -0.3 is 10.1 Å². The van der Waals surface area contributed by atoms with Crippen LogP contribution in [0.3, 0.4) is 0 Å². The fourth-order valence-electron chi connectivity index (χ4n) is 1.53. The van der Waals surface area contributed by atoms with E-state index in [1.54, 1.807) is 19.5 Å². The molecule has 0 aliphatic carbocycles. The Kier molecular flexibility index (Phi) is 3.88. The summed E-state index contributed by atoms with van der Waals surface area (Å²) in [7, 11) is 1.67. The Morgan fingerprint density at radius 1 is 1.33 bits per heavy atom. The zero-order valence-corrected chi connectivity index (χ0v) is 10.8. The molecule has 6 nitrogen and oxygen atoms in total. The van der Waals surface area contributed by atoms with Gasteiger partial charge in [0.15, 0.2) is 5.82 Å². The topological polar surface area (TPSA) is 64.9 Å². The van der Waals surface area contributed by atoms with E-state index in [1.165, 1.54) is 0 Å². The summed E-state index contributed by atoms with van der Waals surface area (Å²) in [6.07, 6.45) is 5.43. The van der Waals surface area contributed by atoms with Gasteiger partial charge in [-0.1, -0.05) is 0 Å². The molecule has 0 aromatic carbocycles. The summed E-state index contributed by atoms with van der Waals surface area (Å²) in [4.78, 5) is 8.66. The Morgan fingerprint density at radius 2 is 2.17 bits per heavy atom. The molecule has 18 heavy (non-hydrogen) atoms. The molecule has 0 saturated carbocycles. The van der Waals surface area contributed by atoms with Gasteiger partial charge in [-0.25, -0.2) is 4.98 Å². The molecule has 1 N–H and O–H groups in total. The van der Waals surface area contributed by atoms with Gasteiger partial charge in [-0.2, -0.15) is 5.10 Å². The van der Waals surface area contributed by atoms with Crippen molar-refractivity contribution in [3.05, 3.63) is 30.0 Å². The van der Waals surface area contributed by atoms with Crippen molar-refractivity contribution < 1.29 is 4.74 Å². The molecule has 0 fully saturated rings. The second-order valence-corrected chi connectivity index (χ2v) is 4.06. The molecule has 0 aliphatic heterocycles. The molecular formula is C12H17N5O. The normalized spacial score (nSPS) is 10.6. The van der Waals surface area contributed by atoms with E-state index < -0.39 is 0 Å². The monoisotopic (exact) mass is 247 g/mol. The lowest BCUT2D eigenvalue weighted by Crippen LogP contribution is -2.04. The van der Waals surface area contributed by atoms with E-state index in [0.717, 1.165) is 29.4 Å². The number of hydrogen-bond donors (Lipinski definition) is 1. The number of aryl methyl sites for hydroxylation is 2. The number of rotatable bonds is 5. The minimum Gasteiger partial charge on any atom is -0.383 e. The first-order valence-corrected chi connectivity index (χ1v) is 5.77. The Balaban J connectivity index is 2.08. The van der Waals surface area contributed by atoms with Gasteiger partial charge in [0.1, 0.15) is 0 Å². The highest BCUT2D eigenvalue weighted by atomic mass is 16.5. The highest BCUT2D eigenvalue weighted by Crippen LogP contribution is 2.16. The van der Waals surface area contributed by atoms with E-state index in [9.17, 15) is 0 Å². The molecule has 0 aliphatic rings. The van der Waals surface area contributed by atoms with Crippen molar-refractivity contribution in [1.82, 2.24) is 19.7 Å². The number of hydrogen-bond acceptors (Lipinski definition) is 5. The van der Waals surface area contributed by atoms with Gasteiger partial charge in [0.05, 0.1) is 36.4 Å². The van der Waals surface area contributed by atoms with E-state index in [0.29, 0.717) is 6.61 Å². The van der Waals surface area contributed by atoms with Crippen LogP contribution in [0.25, 0.3) is 0 Å². The quantitative estimate of drug-likeness (QED) is 0.870. The summed E-state index contributed by atoms with van der Waals surface area (Å²) in [5.41, 5.74) is 2.65. The third kappa shape index (κ3) is 3.04. The average Bonchev–Trinajstić information content (AvgIpc) is 2.79. The number of aromatic nitrogens is 4. The molecule has 0 atom stereocenters. The van der Waals surface area contributed by atoms with Crippen LogP contribution in [-0.4, -0.2) is 33.5 Å². The molecule has 0 spiro atoms. The van der Waals surface area contributed by atoms with Crippen LogP contribution < -0.4 is 5.32 Å². The zero-order valence-electron chi connectivity index (χ0n) is 10.8. The molecule has 0 radical (unpaired) electrons. The molecule has 96 valence electrons. The van der Waals surface area contributed by atoms with E-state index in [-0.39, 0.29) is 0 Å². The number of nitrogens with zero attached hydrogens (tertiary/aromatic N) is 4. The van der Waals surface area contributed by atoms with Crippen LogP contribution in [-0.2, 0) is 11.3 Å². The van der Waals surface area contributed by atoms with Crippen LogP contribution in [0.4, 0.5) is 11.5 Å². The van der Waals surface area contributed by atoms with Crippen LogP contribution >= 0.6 is 0 Å². The number of anilines is 2. The van der Waals surface area contributed by atoms with E-state index in [2.05, 4.69) is 20.4 Å². The maximum absolute atomic E-state index is 5.00. The first-order chi connectivity index (χ1) is 8.69.